The zero-order valence-corrected chi connectivity index (χ0v) is 16.9. The summed E-state index contributed by atoms with van der Waals surface area (Å²) >= 11 is 0. The van der Waals surface area contributed by atoms with Crippen LogP contribution in [0.25, 0.3) is 0 Å². The van der Waals surface area contributed by atoms with Crippen molar-refractivity contribution in [2.45, 2.75) is 32.4 Å². The molecule has 0 aromatic heterocycles. The first kappa shape index (κ1) is 21.3. The molecule has 0 heterocycles. The number of benzene rings is 2. The number of carbonyl (C=O) groups is 2. The molecule has 0 saturated heterocycles. The molecular weight excluding hydrogens is 356 g/mol. The molecule has 6 heteroatoms. The maximum atomic E-state index is 13.1. The molecule has 2 amide bonds. The minimum Gasteiger partial charge on any atom is -0.497 e. The fourth-order valence-corrected chi connectivity index (χ4v) is 3.07. The van der Waals surface area contributed by atoms with E-state index in [0.717, 1.165) is 16.9 Å². The topological polar surface area (TPSA) is 67.9 Å². The molecule has 150 valence electrons. The summed E-state index contributed by atoms with van der Waals surface area (Å²) < 4.78 is 10.4. The first-order valence-electron chi connectivity index (χ1n) is 9.29. The van der Waals surface area contributed by atoms with Crippen molar-refractivity contribution in [2.24, 2.45) is 0 Å². The summed E-state index contributed by atoms with van der Waals surface area (Å²) in [7, 11) is 4.79. The first-order chi connectivity index (χ1) is 13.5. The Morgan fingerprint density at radius 3 is 2.25 bits per heavy atom. The molecule has 0 spiro atoms. The predicted molar refractivity (Wildman–Crippen MR) is 108 cm³/mol. The van der Waals surface area contributed by atoms with Gasteiger partial charge in [0, 0.05) is 13.6 Å². The van der Waals surface area contributed by atoms with E-state index in [-0.39, 0.29) is 18.2 Å². The molecule has 1 N–H and O–H groups in total. The summed E-state index contributed by atoms with van der Waals surface area (Å²) in [5, 5.41) is 2.66. The number of amides is 2. The van der Waals surface area contributed by atoms with Gasteiger partial charge in [0.05, 0.1) is 20.6 Å². The fourth-order valence-electron chi connectivity index (χ4n) is 3.07. The summed E-state index contributed by atoms with van der Waals surface area (Å²) in [6, 6.07) is 14.4. The van der Waals surface area contributed by atoms with E-state index in [9.17, 15) is 9.59 Å². The third-order valence-electron chi connectivity index (χ3n) is 4.63. The molecule has 6 nitrogen and oxygen atoms in total. The van der Waals surface area contributed by atoms with Gasteiger partial charge >= 0.3 is 0 Å². The van der Waals surface area contributed by atoms with E-state index < -0.39 is 6.04 Å². The van der Waals surface area contributed by atoms with Crippen LogP contribution >= 0.6 is 0 Å². The number of hydrogen-bond donors (Lipinski definition) is 1. The smallest absolute Gasteiger partial charge is 0.242 e. The molecule has 0 aliphatic heterocycles. The van der Waals surface area contributed by atoms with Crippen LogP contribution in [0.1, 0.15) is 24.5 Å². The van der Waals surface area contributed by atoms with Crippen molar-refractivity contribution in [3.05, 3.63) is 59.7 Å². The molecule has 2 aromatic rings. The highest BCUT2D eigenvalue weighted by Crippen LogP contribution is 2.19. The minimum atomic E-state index is -0.540. The lowest BCUT2D eigenvalue weighted by Gasteiger charge is -2.30. The van der Waals surface area contributed by atoms with Gasteiger partial charge < -0.3 is 19.7 Å². The molecular formula is C22H28N2O4. The highest BCUT2D eigenvalue weighted by atomic mass is 16.5. The van der Waals surface area contributed by atoms with Gasteiger partial charge in [0.25, 0.3) is 0 Å². The normalized spacial score (nSPS) is 11.4. The number of hydrogen-bond acceptors (Lipinski definition) is 4. The van der Waals surface area contributed by atoms with Crippen LogP contribution < -0.4 is 14.8 Å². The van der Waals surface area contributed by atoms with E-state index in [1.807, 2.05) is 55.5 Å². The Morgan fingerprint density at radius 1 is 1.00 bits per heavy atom. The number of rotatable bonds is 9. The van der Waals surface area contributed by atoms with Gasteiger partial charge in [-0.05, 0) is 41.8 Å². The van der Waals surface area contributed by atoms with Crippen molar-refractivity contribution in [2.75, 3.05) is 21.3 Å². The van der Waals surface area contributed by atoms with Gasteiger partial charge in [-0.2, -0.15) is 0 Å². The summed E-state index contributed by atoms with van der Waals surface area (Å²) in [6.07, 6.45) is 0.736. The Balaban J connectivity index is 2.27. The maximum absolute atomic E-state index is 13.1. The van der Waals surface area contributed by atoms with Gasteiger partial charge in [-0.25, -0.2) is 0 Å². The average molecular weight is 384 g/mol. The molecule has 2 aromatic carbocycles. The molecule has 0 aliphatic rings. The van der Waals surface area contributed by atoms with E-state index in [1.54, 1.807) is 26.2 Å². The molecule has 28 heavy (non-hydrogen) atoms. The van der Waals surface area contributed by atoms with Crippen LogP contribution in [0, 0.1) is 0 Å². The van der Waals surface area contributed by atoms with Gasteiger partial charge in [-0.1, -0.05) is 31.2 Å². The third kappa shape index (κ3) is 5.49. The lowest BCUT2D eigenvalue weighted by Crippen LogP contribution is -2.48. The molecule has 0 radical (unpaired) electrons. The molecule has 0 fully saturated rings. The largest absolute Gasteiger partial charge is 0.497 e. The molecule has 2 rings (SSSR count). The Bertz CT molecular complexity index is 789. The van der Waals surface area contributed by atoms with E-state index in [2.05, 4.69) is 5.32 Å². The Kier molecular flexibility index (Phi) is 7.87. The maximum Gasteiger partial charge on any atom is 0.242 e. The van der Waals surface area contributed by atoms with Crippen LogP contribution in [0.2, 0.25) is 0 Å². The van der Waals surface area contributed by atoms with E-state index in [1.165, 1.54) is 0 Å². The van der Waals surface area contributed by atoms with E-state index in [4.69, 9.17) is 9.47 Å². The molecule has 0 saturated carbocycles. The second-order valence-electron chi connectivity index (χ2n) is 6.44. The summed E-state index contributed by atoms with van der Waals surface area (Å²) in [4.78, 5) is 27.2. The lowest BCUT2D eigenvalue weighted by atomic mass is 10.1. The van der Waals surface area contributed by atoms with Crippen molar-refractivity contribution < 1.29 is 19.1 Å². The molecule has 1 atom stereocenters. The molecule has 1 unspecified atom stereocenters. The number of carbonyl (C=O) groups excluding carboxylic acids is 2. The average Bonchev–Trinajstić information content (AvgIpc) is 2.73. The number of ether oxygens (including phenoxy) is 2. The van der Waals surface area contributed by atoms with Crippen LogP contribution in [0.3, 0.4) is 0 Å². The van der Waals surface area contributed by atoms with Crippen LogP contribution in [0.5, 0.6) is 11.5 Å². The van der Waals surface area contributed by atoms with Gasteiger partial charge in [-0.3, -0.25) is 9.59 Å². The zero-order valence-electron chi connectivity index (χ0n) is 16.9. The van der Waals surface area contributed by atoms with Gasteiger partial charge in [-0.15, -0.1) is 0 Å². The van der Waals surface area contributed by atoms with Gasteiger partial charge in [0.2, 0.25) is 11.8 Å². The second-order valence-corrected chi connectivity index (χ2v) is 6.44. The highest BCUT2D eigenvalue weighted by Gasteiger charge is 2.28. The number of nitrogens with zero attached hydrogens (tertiary/aromatic N) is 1. The summed E-state index contributed by atoms with van der Waals surface area (Å²) in [5.41, 5.74) is 1.78. The van der Waals surface area contributed by atoms with E-state index in [0.29, 0.717) is 18.7 Å². The van der Waals surface area contributed by atoms with Gasteiger partial charge in [0.15, 0.2) is 0 Å². The fraction of sp³-hybridized carbons (Fsp3) is 0.364. The van der Waals surface area contributed by atoms with Gasteiger partial charge in [0.1, 0.15) is 17.5 Å². The Morgan fingerprint density at radius 2 is 1.68 bits per heavy atom. The predicted octanol–water partition coefficient (Wildman–Crippen LogP) is 2.80. The van der Waals surface area contributed by atoms with Crippen molar-refractivity contribution in [3.8, 4) is 11.5 Å². The molecule has 0 aliphatic carbocycles. The number of likely N-dealkylation sites (N-methyl/N-ethyl adjacent to an activating group) is 1. The van der Waals surface area contributed by atoms with Crippen molar-refractivity contribution in [3.63, 3.8) is 0 Å². The zero-order chi connectivity index (χ0) is 20.5. The van der Waals surface area contributed by atoms with Crippen LogP contribution in [0.4, 0.5) is 0 Å². The lowest BCUT2D eigenvalue weighted by molar-refractivity contribution is -0.140. The number of nitrogens with one attached hydrogen (secondary N) is 1. The van der Waals surface area contributed by atoms with Crippen molar-refractivity contribution in [1.82, 2.24) is 10.2 Å². The number of methoxy groups -OCH3 is 2. The summed E-state index contributed by atoms with van der Waals surface area (Å²) in [6.45, 7) is 2.23. The highest BCUT2D eigenvalue weighted by molar-refractivity contribution is 5.88. The van der Waals surface area contributed by atoms with Crippen LogP contribution in [0.15, 0.2) is 48.5 Å². The second kappa shape index (κ2) is 10.3. The molecule has 0 bridgehead atoms. The SMILES string of the molecule is CCC(C(=O)NC)N(Cc1cccc(OC)c1)C(=O)Cc1ccc(OC)cc1. The Hall–Kier alpha value is -3.02. The van der Waals surface area contributed by atoms with Crippen LogP contribution in [-0.4, -0.2) is 44.0 Å². The third-order valence-corrected chi connectivity index (χ3v) is 4.63. The Labute approximate surface area is 166 Å². The minimum absolute atomic E-state index is 0.108. The van der Waals surface area contributed by atoms with E-state index >= 15 is 0 Å². The quantitative estimate of drug-likeness (QED) is 0.722. The standard InChI is InChI=1S/C22H28N2O4/c1-5-20(22(26)23-2)24(15-17-7-6-8-19(13-17)28-4)21(25)14-16-9-11-18(27-3)12-10-16/h6-13,20H,5,14-15H2,1-4H3,(H,23,26). The first-order valence-corrected chi connectivity index (χ1v) is 9.29. The summed E-state index contributed by atoms with van der Waals surface area (Å²) in [5.74, 6) is 1.17. The monoisotopic (exact) mass is 384 g/mol. The van der Waals surface area contributed by atoms with Crippen molar-refractivity contribution >= 4 is 11.8 Å². The van der Waals surface area contributed by atoms with Crippen LogP contribution in [-0.2, 0) is 22.6 Å². The van der Waals surface area contributed by atoms with Crippen molar-refractivity contribution in [1.29, 1.82) is 0 Å².